The lowest BCUT2D eigenvalue weighted by Crippen LogP contribution is -2.30. The van der Waals surface area contributed by atoms with Gasteiger partial charge >= 0.3 is 6.18 Å². The molecule has 0 atom stereocenters. The van der Waals surface area contributed by atoms with Crippen LogP contribution in [0.25, 0.3) is 0 Å². The zero-order chi connectivity index (χ0) is 11.3. The molecule has 15 heavy (non-hydrogen) atoms. The van der Waals surface area contributed by atoms with Crippen LogP contribution in [0.2, 0.25) is 0 Å². The van der Waals surface area contributed by atoms with Gasteiger partial charge in [-0.25, -0.2) is 5.01 Å². The lowest BCUT2D eigenvalue weighted by atomic mass is 10.3. The van der Waals surface area contributed by atoms with E-state index in [1.54, 1.807) is 18.2 Å². The highest BCUT2D eigenvalue weighted by atomic mass is 19.4. The molecule has 0 spiro atoms. The topological polar surface area (TPSA) is 54.0 Å². The molecule has 0 aromatic heterocycles. The second-order valence-corrected chi connectivity index (χ2v) is 2.71. The summed E-state index contributed by atoms with van der Waals surface area (Å²) in [6.07, 6.45) is -4.36. The van der Waals surface area contributed by atoms with Crippen LogP contribution >= 0.6 is 0 Å². The molecule has 1 aromatic carbocycles. The highest BCUT2D eigenvalue weighted by Crippen LogP contribution is 2.21. The Hall–Kier alpha value is -1.79. The first kappa shape index (κ1) is 11.3. The van der Waals surface area contributed by atoms with Gasteiger partial charge in [0.15, 0.2) is 0 Å². The third-order valence-electron chi connectivity index (χ3n) is 1.54. The molecule has 0 fully saturated rings. The van der Waals surface area contributed by atoms with Crippen LogP contribution in [0.5, 0.6) is 0 Å². The summed E-state index contributed by atoms with van der Waals surface area (Å²) in [5, 5.41) is 6.72. The monoisotopic (exact) mass is 218 g/mol. The summed E-state index contributed by atoms with van der Waals surface area (Å²) in [6.45, 7) is -1.22. The molecule has 0 aliphatic rings. The van der Waals surface area contributed by atoms with Crippen molar-refractivity contribution in [1.29, 1.82) is 0 Å². The van der Waals surface area contributed by atoms with Gasteiger partial charge in [0.25, 0.3) is 0 Å². The molecule has 0 aliphatic carbocycles. The zero-order valence-corrected chi connectivity index (χ0v) is 7.65. The van der Waals surface area contributed by atoms with E-state index in [0.717, 1.165) is 0 Å². The number of alkyl halides is 3. The Kier molecular flexibility index (Phi) is 3.48. The van der Waals surface area contributed by atoms with E-state index < -0.39 is 12.7 Å². The fourth-order valence-electron chi connectivity index (χ4n) is 1.01. The molecule has 0 radical (unpaired) electrons. The molecule has 0 heterocycles. The van der Waals surface area contributed by atoms with E-state index in [9.17, 15) is 13.2 Å². The Bertz CT molecular complexity index is 322. The van der Waals surface area contributed by atoms with Crippen molar-refractivity contribution in [3.63, 3.8) is 0 Å². The fourth-order valence-corrected chi connectivity index (χ4v) is 1.01. The van der Waals surface area contributed by atoms with Crippen LogP contribution in [0.1, 0.15) is 0 Å². The van der Waals surface area contributed by atoms with Gasteiger partial charge in [0.05, 0.1) is 5.69 Å². The minimum Gasteiger partial charge on any atom is -0.303 e. The minimum atomic E-state index is -4.36. The standard InChI is InChI=1S/C8H9F3N4/c9-8(10,11)6-15(14-13-12)7-4-2-1-3-5-7/h1-5H,6H2,(H2,12,14). The summed E-state index contributed by atoms with van der Waals surface area (Å²) in [4.78, 5) is 0. The molecule has 0 saturated carbocycles. The number of hydrogen-bond donors (Lipinski definition) is 1. The maximum atomic E-state index is 12.1. The van der Waals surface area contributed by atoms with Crippen molar-refractivity contribution < 1.29 is 13.2 Å². The predicted octanol–water partition coefficient (Wildman–Crippen LogP) is 2.30. The predicted molar refractivity (Wildman–Crippen MR) is 48.9 cm³/mol. The molecule has 82 valence electrons. The molecule has 0 amide bonds. The van der Waals surface area contributed by atoms with E-state index in [4.69, 9.17) is 5.84 Å². The molecule has 0 bridgehead atoms. The van der Waals surface area contributed by atoms with Gasteiger partial charge in [-0.1, -0.05) is 23.4 Å². The van der Waals surface area contributed by atoms with E-state index in [-0.39, 0.29) is 5.69 Å². The number of nitrogens with zero attached hydrogens (tertiary/aromatic N) is 3. The maximum Gasteiger partial charge on any atom is 0.408 e. The first-order chi connectivity index (χ1) is 7.03. The van der Waals surface area contributed by atoms with Gasteiger partial charge < -0.3 is 5.84 Å². The van der Waals surface area contributed by atoms with Gasteiger partial charge in [0, 0.05) is 0 Å². The zero-order valence-electron chi connectivity index (χ0n) is 7.65. The van der Waals surface area contributed by atoms with E-state index in [2.05, 4.69) is 10.4 Å². The number of nitrogens with two attached hydrogens (primary N) is 1. The first-order valence-electron chi connectivity index (χ1n) is 4.03. The molecule has 0 aliphatic heterocycles. The molecule has 0 unspecified atom stereocenters. The third kappa shape index (κ3) is 3.84. The Labute approximate surface area is 84.1 Å². The normalized spacial score (nSPS) is 11.9. The summed E-state index contributed by atoms with van der Waals surface area (Å²) in [7, 11) is 0. The van der Waals surface area contributed by atoms with E-state index >= 15 is 0 Å². The van der Waals surface area contributed by atoms with Gasteiger partial charge in [0.1, 0.15) is 6.54 Å². The summed E-state index contributed by atoms with van der Waals surface area (Å²) < 4.78 is 36.4. The quantitative estimate of drug-likeness (QED) is 0.480. The smallest absolute Gasteiger partial charge is 0.303 e. The second kappa shape index (κ2) is 4.63. The van der Waals surface area contributed by atoms with Crippen LogP contribution < -0.4 is 10.9 Å². The van der Waals surface area contributed by atoms with Gasteiger partial charge in [-0.05, 0) is 17.4 Å². The van der Waals surface area contributed by atoms with Crippen LogP contribution in [-0.2, 0) is 0 Å². The van der Waals surface area contributed by atoms with Crippen LogP contribution in [0.3, 0.4) is 0 Å². The second-order valence-electron chi connectivity index (χ2n) is 2.71. The number of hydrogen-bond acceptors (Lipinski definition) is 2. The summed E-state index contributed by atoms with van der Waals surface area (Å²) >= 11 is 0. The van der Waals surface area contributed by atoms with Crippen molar-refractivity contribution in [2.24, 2.45) is 16.3 Å². The molecule has 0 saturated heterocycles. The molecule has 7 heteroatoms. The summed E-state index contributed by atoms with van der Waals surface area (Å²) in [5.74, 6) is 4.73. The Balaban J connectivity index is 2.84. The van der Waals surface area contributed by atoms with E-state index in [1.165, 1.54) is 12.1 Å². The van der Waals surface area contributed by atoms with Crippen molar-refractivity contribution in [2.45, 2.75) is 6.18 Å². The van der Waals surface area contributed by atoms with Gasteiger partial charge in [-0.3, -0.25) is 0 Å². The molecule has 4 nitrogen and oxygen atoms in total. The number of benzene rings is 1. The molecule has 2 N–H and O–H groups in total. The largest absolute Gasteiger partial charge is 0.408 e. The van der Waals surface area contributed by atoms with E-state index in [0.29, 0.717) is 5.01 Å². The average Bonchev–Trinajstić information content (AvgIpc) is 2.17. The highest BCUT2D eigenvalue weighted by molar-refractivity contribution is 5.44. The van der Waals surface area contributed by atoms with Crippen LogP contribution in [-0.4, -0.2) is 12.7 Å². The van der Waals surface area contributed by atoms with Crippen molar-refractivity contribution in [2.75, 3.05) is 11.6 Å². The SMILES string of the molecule is N/N=N\N(CC(F)(F)F)c1ccccc1. The van der Waals surface area contributed by atoms with Crippen LogP contribution in [0.15, 0.2) is 40.8 Å². The van der Waals surface area contributed by atoms with Crippen molar-refractivity contribution in [1.82, 2.24) is 0 Å². The molecular formula is C8H9F3N4. The maximum absolute atomic E-state index is 12.1. The number of anilines is 1. The fraction of sp³-hybridized carbons (Fsp3) is 0.250. The van der Waals surface area contributed by atoms with Crippen LogP contribution in [0, 0.1) is 0 Å². The molecule has 1 aromatic rings. The van der Waals surface area contributed by atoms with Crippen molar-refractivity contribution in [3.05, 3.63) is 30.3 Å². The van der Waals surface area contributed by atoms with Gasteiger partial charge in [0.2, 0.25) is 0 Å². The van der Waals surface area contributed by atoms with Gasteiger partial charge in [-0.15, -0.1) is 0 Å². The first-order valence-corrected chi connectivity index (χ1v) is 4.03. The minimum absolute atomic E-state index is 0.282. The molecule has 1 rings (SSSR count). The number of rotatable bonds is 3. The summed E-state index contributed by atoms with van der Waals surface area (Å²) in [5.41, 5.74) is 0.282. The Morgan fingerprint density at radius 1 is 1.20 bits per heavy atom. The molecular weight excluding hydrogens is 209 g/mol. The lowest BCUT2D eigenvalue weighted by molar-refractivity contribution is -0.119. The Morgan fingerprint density at radius 3 is 2.27 bits per heavy atom. The highest BCUT2D eigenvalue weighted by Gasteiger charge is 2.31. The Morgan fingerprint density at radius 2 is 1.80 bits per heavy atom. The van der Waals surface area contributed by atoms with E-state index in [1.807, 2.05) is 0 Å². The summed E-state index contributed by atoms with van der Waals surface area (Å²) in [6, 6.07) is 7.87. The van der Waals surface area contributed by atoms with Gasteiger partial charge in [-0.2, -0.15) is 13.2 Å². The van der Waals surface area contributed by atoms with Crippen molar-refractivity contribution >= 4 is 5.69 Å². The lowest BCUT2D eigenvalue weighted by Gasteiger charge is -2.18. The average molecular weight is 218 g/mol. The number of halogens is 3. The number of para-hydroxylation sites is 1. The van der Waals surface area contributed by atoms with Crippen molar-refractivity contribution in [3.8, 4) is 0 Å². The third-order valence-corrected chi connectivity index (χ3v) is 1.54. The van der Waals surface area contributed by atoms with Crippen LogP contribution in [0.4, 0.5) is 18.9 Å².